The molecule has 2 amide bonds. The molecule has 2 N–H and O–H groups in total. The van der Waals surface area contributed by atoms with Crippen LogP contribution in [0.25, 0.3) is 0 Å². The summed E-state index contributed by atoms with van der Waals surface area (Å²) >= 11 is 7.59. The fraction of sp³-hybridized carbons (Fsp3) is 0.259. The molecule has 0 saturated carbocycles. The number of aryl methyl sites for hydroxylation is 1. The van der Waals surface area contributed by atoms with Crippen LogP contribution in [-0.2, 0) is 4.79 Å². The van der Waals surface area contributed by atoms with E-state index >= 15 is 0 Å². The summed E-state index contributed by atoms with van der Waals surface area (Å²) in [5.74, 6) is 0.799. The van der Waals surface area contributed by atoms with Crippen molar-refractivity contribution < 1.29 is 23.8 Å². The number of rotatable bonds is 10. The molecule has 0 aromatic heterocycles. The molecular weight excluding hydrogens is 500 g/mol. The highest BCUT2D eigenvalue weighted by Gasteiger charge is 2.21. The van der Waals surface area contributed by atoms with Gasteiger partial charge < -0.3 is 24.8 Å². The van der Waals surface area contributed by atoms with Crippen molar-refractivity contribution in [3.05, 3.63) is 70.7 Å². The summed E-state index contributed by atoms with van der Waals surface area (Å²) in [5.41, 5.74) is 2.29. The second kappa shape index (κ2) is 12.6. The van der Waals surface area contributed by atoms with E-state index in [1.165, 1.54) is 33.1 Å². The molecule has 0 heterocycles. The summed E-state index contributed by atoms with van der Waals surface area (Å²) in [7, 11) is 4.53. The summed E-state index contributed by atoms with van der Waals surface area (Å²) < 4.78 is 16.0. The Labute approximate surface area is 220 Å². The van der Waals surface area contributed by atoms with Gasteiger partial charge in [0.1, 0.15) is 22.8 Å². The van der Waals surface area contributed by atoms with Crippen LogP contribution in [0, 0.1) is 6.92 Å². The number of carbonyl (C=O) groups is 2. The van der Waals surface area contributed by atoms with E-state index in [-0.39, 0.29) is 17.1 Å². The number of ether oxygens (including phenoxy) is 3. The molecule has 3 rings (SSSR count). The first-order valence-corrected chi connectivity index (χ1v) is 12.5. The predicted molar refractivity (Wildman–Crippen MR) is 145 cm³/mol. The fourth-order valence-corrected chi connectivity index (χ4v) is 4.71. The number of methoxy groups -OCH3 is 3. The third kappa shape index (κ3) is 6.44. The summed E-state index contributed by atoms with van der Waals surface area (Å²) in [4.78, 5) is 26.9. The molecule has 36 heavy (non-hydrogen) atoms. The smallest absolute Gasteiger partial charge is 0.263 e. The van der Waals surface area contributed by atoms with Gasteiger partial charge >= 0.3 is 0 Å². The summed E-state index contributed by atoms with van der Waals surface area (Å²) in [5, 5.41) is 6.04. The first-order valence-electron chi connectivity index (χ1n) is 11.2. The molecule has 0 aliphatic heterocycles. The highest BCUT2D eigenvalue weighted by Crippen LogP contribution is 2.34. The molecule has 0 aliphatic carbocycles. The number of hydrogen-bond donors (Lipinski definition) is 2. The number of benzene rings is 3. The van der Waals surface area contributed by atoms with Gasteiger partial charge in [-0.1, -0.05) is 30.7 Å². The molecule has 3 aromatic carbocycles. The zero-order valence-corrected chi connectivity index (χ0v) is 22.4. The van der Waals surface area contributed by atoms with Gasteiger partial charge in [0, 0.05) is 21.7 Å². The standard InChI is InChI=1S/C27H29ClN2O5S/c1-6-24(26(31)30-20-13-16(2)19(28)15-23(20)35-5)36-18-10-7-9-17(14-18)29-27(32)25-21(33-3)11-8-12-22(25)34-4/h7-15,24H,6H2,1-5H3,(H,29,32)(H,30,31). The first-order chi connectivity index (χ1) is 17.3. The number of amides is 2. The second-order valence-electron chi connectivity index (χ2n) is 7.83. The van der Waals surface area contributed by atoms with Crippen molar-refractivity contribution in [1.82, 2.24) is 0 Å². The Hall–Kier alpha value is -3.36. The van der Waals surface area contributed by atoms with Crippen LogP contribution in [-0.4, -0.2) is 38.4 Å². The van der Waals surface area contributed by atoms with Crippen molar-refractivity contribution in [1.29, 1.82) is 0 Å². The molecular formula is C27H29ClN2O5S. The molecule has 190 valence electrons. The van der Waals surface area contributed by atoms with E-state index in [9.17, 15) is 9.59 Å². The summed E-state index contributed by atoms with van der Waals surface area (Å²) in [6.45, 7) is 3.81. The number of halogens is 1. The molecule has 0 bridgehead atoms. The van der Waals surface area contributed by atoms with Gasteiger partial charge in [0.05, 0.1) is 32.3 Å². The minimum atomic E-state index is -0.369. The molecule has 0 aliphatic rings. The van der Waals surface area contributed by atoms with Crippen LogP contribution in [0.5, 0.6) is 17.2 Å². The molecule has 0 radical (unpaired) electrons. The minimum absolute atomic E-state index is 0.157. The Kier molecular flexibility index (Phi) is 9.50. The number of thioether (sulfide) groups is 1. The van der Waals surface area contributed by atoms with Crippen molar-refractivity contribution >= 4 is 46.6 Å². The first kappa shape index (κ1) is 27.2. The lowest BCUT2D eigenvalue weighted by Crippen LogP contribution is -2.25. The molecule has 0 spiro atoms. The molecule has 1 atom stereocenters. The Morgan fingerprint density at radius 2 is 1.56 bits per heavy atom. The SMILES string of the molecule is CCC(Sc1cccc(NC(=O)c2c(OC)cccc2OC)c1)C(=O)Nc1cc(C)c(Cl)cc1OC. The van der Waals surface area contributed by atoms with Crippen LogP contribution in [0.3, 0.4) is 0 Å². The maximum Gasteiger partial charge on any atom is 0.263 e. The van der Waals surface area contributed by atoms with E-state index in [1.54, 1.807) is 36.4 Å². The zero-order chi connectivity index (χ0) is 26.2. The van der Waals surface area contributed by atoms with Gasteiger partial charge in [0.15, 0.2) is 0 Å². The van der Waals surface area contributed by atoms with E-state index in [0.717, 1.165) is 10.5 Å². The van der Waals surface area contributed by atoms with Gasteiger partial charge in [-0.25, -0.2) is 0 Å². The Morgan fingerprint density at radius 1 is 0.917 bits per heavy atom. The van der Waals surface area contributed by atoms with Gasteiger partial charge in [0.25, 0.3) is 5.91 Å². The highest BCUT2D eigenvalue weighted by molar-refractivity contribution is 8.00. The maximum absolute atomic E-state index is 13.1. The third-order valence-electron chi connectivity index (χ3n) is 5.43. The van der Waals surface area contributed by atoms with Crippen LogP contribution in [0.1, 0.15) is 29.3 Å². The average Bonchev–Trinajstić information content (AvgIpc) is 2.88. The quantitative estimate of drug-likeness (QED) is 0.295. The lowest BCUT2D eigenvalue weighted by Gasteiger charge is -2.18. The van der Waals surface area contributed by atoms with Crippen molar-refractivity contribution in [2.24, 2.45) is 0 Å². The molecule has 0 fully saturated rings. The van der Waals surface area contributed by atoms with E-state index in [0.29, 0.717) is 45.6 Å². The molecule has 1 unspecified atom stereocenters. The van der Waals surface area contributed by atoms with E-state index in [2.05, 4.69) is 10.6 Å². The lowest BCUT2D eigenvalue weighted by molar-refractivity contribution is -0.115. The Bertz CT molecular complexity index is 1230. The average molecular weight is 529 g/mol. The fourth-order valence-electron chi connectivity index (χ4n) is 3.55. The summed E-state index contributed by atoms with van der Waals surface area (Å²) in [6, 6.07) is 16.0. The van der Waals surface area contributed by atoms with E-state index < -0.39 is 0 Å². The maximum atomic E-state index is 13.1. The monoisotopic (exact) mass is 528 g/mol. The van der Waals surface area contributed by atoms with Crippen molar-refractivity contribution in [3.8, 4) is 17.2 Å². The molecule has 9 heteroatoms. The third-order valence-corrected chi connectivity index (χ3v) is 7.19. The van der Waals surface area contributed by atoms with Gasteiger partial charge in [-0.15, -0.1) is 11.8 Å². The van der Waals surface area contributed by atoms with Crippen LogP contribution in [0.4, 0.5) is 11.4 Å². The Morgan fingerprint density at radius 3 is 2.17 bits per heavy atom. The van der Waals surface area contributed by atoms with Gasteiger partial charge in [0.2, 0.25) is 5.91 Å². The normalized spacial score (nSPS) is 11.4. The van der Waals surface area contributed by atoms with Gasteiger partial charge in [-0.2, -0.15) is 0 Å². The number of anilines is 2. The van der Waals surface area contributed by atoms with Crippen LogP contribution >= 0.6 is 23.4 Å². The topological polar surface area (TPSA) is 85.9 Å². The van der Waals surface area contributed by atoms with Crippen LogP contribution < -0.4 is 24.8 Å². The largest absolute Gasteiger partial charge is 0.496 e. The molecule has 3 aromatic rings. The minimum Gasteiger partial charge on any atom is -0.496 e. The van der Waals surface area contributed by atoms with Gasteiger partial charge in [-0.05, 0) is 55.3 Å². The van der Waals surface area contributed by atoms with Crippen molar-refractivity contribution in [2.75, 3.05) is 32.0 Å². The number of carbonyl (C=O) groups excluding carboxylic acids is 2. The van der Waals surface area contributed by atoms with Crippen molar-refractivity contribution in [3.63, 3.8) is 0 Å². The lowest BCUT2D eigenvalue weighted by atomic mass is 10.1. The van der Waals surface area contributed by atoms with Crippen LogP contribution in [0.2, 0.25) is 5.02 Å². The van der Waals surface area contributed by atoms with Crippen molar-refractivity contribution in [2.45, 2.75) is 30.4 Å². The number of hydrogen-bond acceptors (Lipinski definition) is 6. The van der Waals surface area contributed by atoms with E-state index in [4.69, 9.17) is 25.8 Å². The predicted octanol–water partition coefficient (Wildman–Crippen LogP) is 6.44. The Balaban J connectivity index is 1.75. The number of nitrogens with one attached hydrogen (secondary N) is 2. The second-order valence-corrected chi connectivity index (χ2v) is 9.51. The van der Waals surface area contributed by atoms with Crippen LogP contribution in [0.15, 0.2) is 59.5 Å². The van der Waals surface area contributed by atoms with E-state index in [1.807, 2.05) is 32.0 Å². The summed E-state index contributed by atoms with van der Waals surface area (Å²) in [6.07, 6.45) is 0.598. The molecule has 7 nitrogen and oxygen atoms in total. The highest BCUT2D eigenvalue weighted by atomic mass is 35.5. The molecule has 0 saturated heterocycles. The zero-order valence-electron chi connectivity index (χ0n) is 20.8. The van der Waals surface area contributed by atoms with Gasteiger partial charge in [-0.3, -0.25) is 9.59 Å².